The first-order chi connectivity index (χ1) is 5.56. The topological polar surface area (TPSA) is 55.8 Å². The van der Waals surface area contributed by atoms with Crippen LogP contribution in [-0.4, -0.2) is 37.0 Å². The van der Waals surface area contributed by atoms with Crippen molar-refractivity contribution >= 4 is 5.97 Å². The molecule has 2 atom stereocenters. The first-order valence-corrected chi connectivity index (χ1v) is 3.92. The van der Waals surface area contributed by atoms with Crippen LogP contribution in [0.4, 0.5) is 0 Å². The van der Waals surface area contributed by atoms with E-state index in [0.29, 0.717) is 6.61 Å². The number of carboxylic acids is 1. The quantitative estimate of drug-likeness (QED) is 0.653. The molecular weight excluding hydrogens is 160 g/mol. The minimum atomic E-state index is -0.841. The smallest absolute Gasteiger partial charge is 0.305 e. The average molecular weight is 176 g/mol. The van der Waals surface area contributed by atoms with Crippen LogP contribution in [0.3, 0.4) is 0 Å². The first-order valence-electron chi connectivity index (χ1n) is 3.92. The number of carbonyl (C=O) groups is 1. The minimum absolute atomic E-state index is 0.0358. The van der Waals surface area contributed by atoms with Crippen molar-refractivity contribution in [3.8, 4) is 0 Å². The third kappa shape index (κ3) is 6.12. The van der Waals surface area contributed by atoms with E-state index in [0.717, 1.165) is 0 Å². The maximum atomic E-state index is 10.2. The number of rotatable bonds is 6. The van der Waals surface area contributed by atoms with E-state index in [4.69, 9.17) is 14.6 Å². The molecule has 0 spiro atoms. The summed E-state index contributed by atoms with van der Waals surface area (Å²) in [5.74, 6) is -0.841. The molecule has 0 aliphatic heterocycles. The first kappa shape index (κ1) is 11.4. The van der Waals surface area contributed by atoms with Crippen molar-refractivity contribution in [2.75, 3.05) is 13.7 Å². The van der Waals surface area contributed by atoms with Gasteiger partial charge in [0.15, 0.2) is 0 Å². The molecule has 0 saturated carbocycles. The molecule has 0 aliphatic rings. The predicted octanol–water partition coefficient (Wildman–Crippen LogP) is 0.901. The van der Waals surface area contributed by atoms with Crippen LogP contribution in [0.1, 0.15) is 20.3 Å². The lowest BCUT2D eigenvalue weighted by Gasteiger charge is -2.16. The summed E-state index contributed by atoms with van der Waals surface area (Å²) in [4.78, 5) is 10.2. The van der Waals surface area contributed by atoms with Gasteiger partial charge in [-0.15, -0.1) is 0 Å². The molecule has 4 heteroatoms. The van der Waals surface area contributed by atoms with Gasteiger partial charge in [-0.3, -0.25) is 4.79 Å². The van der Waals surface area contributed by atoms with E-state index in [-0.39, 0.29) is 18.6 Å². The zero-order chi connectivity index (χ0) is 9.56. The zero-order valence-electron chi connectivity index (χ0n) is 7.74. The number of hydrogen-bond acceptors (Lipinski definition) is 3. The van der Waals surface area contributed by atoms with Gasteiger partial charge < -0.3 is 14.6 Å². The lowest BCUT2D eigenvalue weighted by Crippen LogP contribution is -2.23. The highest BCUT2D eigenvalue weighted by Gasteiger charge is 2.11. The van der Waals surface area contributed by atoms with E-state index < -0.39 is 5.97 Å². The number of carboxylic acid groups (broad SMARTS) is 1. The van der Waals surface area contributed by atoms with E-state index in [1.165, 1.54) is 0 Å². The Kier molecular flexibility index (Phi) is 5.66. The second kappa shape index (κ2) is 5.97. The third-order valence-electron chi connectivity index (χ3n) is 1.33. The van der Waals surface area contributed by atoms with Gasteiger partial charge in [-0.1, -0.05) is 0 Å². The summed E-state index contributed by atoms with van der Waals surface area (Å²) in [5, 5.41) is 8.42. The lowest BCUT2D eigenvalue weighted by atomic mass is 10.3. The van der Waals surface area contributed by atoms with Gasteiger partial charge in [0.1, 0.15) is 0 Å². The number of hydrogen-bond donors (Lipinski definition) is 1. The summed E-state index contributed by atoms with van der Waals surface area (Å²) in [5.41, 5.74) is 0. The van der Waals surface area contributed by atoms with Crippen LogP contribution in [0.25, 0.3) is 0 Å². The highest BCUT2D eigenvalue weighted by molar-refractivity contribution is 5.67. The van der Waals surface area contributed by atoms with E-state index in [9.17, 15) is 4.79 Å². The Morgan fingerprint density at radius 3 is 2.42 bits per heavy atom. The highest BCUT2D eigenvalue weighted by Crippen LogP contribution is 2.02. The Morgan fingerprint density at radius 2 is 2.00 bits per heavy atom. The Balaban J connectivity index is 3.53. The minimum Gasteiger partial charge on any atom is -0.481 e. The maximum Gasteiger partial charge on any atom is 0.305 e. The second-order valence-electron chi connectivity index (χ2n) is 2.81. The molecule has 0 aliphatic carbocycles. The van der Waals surface area contributed by atoms with Crippen LogP contribution >= 0.6 is 0 Å². The molecule has 0 aromatic carbocycles. The van der Waals surface area contributed by atoms with Crippen LogP contribution in [0, 0.1) is 0 Å². The van der Waals surface area contributed by atoms with Gasteiger partial charge >= 0.3 is 5.97 Å². The molecule has 0 saturated heterocycles. The average Bonchev–Trinajstić information content (AvgIpc) is 1.84. The maximum absolute atomic E-state index is 10.2. The molecular formula is C8H16O4. The molecule has 4 nitrogen and oxygen atoms in total. The van der Waals surface area contributed by atoms with E-state index in [1.54, 1.807) is 14.0 Å². The van der Waals surface area contributed by atoms with Crippen molar-refractivity contribution < 1.29 is 19.4 Å². The number of methoxy groups -OCH3 is 1. The molecule has 0 aromatic heterocycles. The predicted molar refractivity (Wildman–Crippen MR) is 44.1 cm³/mol. The molecule has 0 amide bonds. The van der Waals surface area contributed by atoms with Crippen LogP contribution in [0.15, 0.2) is 0 Å². The van der Waals surface area contributed by atoms with Crippen molar-refractivity contribution in [2.24, 2.45) is 0 Å². The highest BCUT2D eigenvalue weighted by atomic mass is 16.5. The summed E-state index contributed by atoms with van der Waals surface area (Å²) >= 11 is 0. The second-order valence-corrected chi connectivity index (χ2v) is 2.81. The summed E-state index contributed by atoms with van der Waals surface area (Å²) in [6.45, 7) is 4.08. The Morgan fingerprint density at radius 1 is 1.42 bits per heavy atom. The SMILES string of the molecule is COCC(C)O[C@@H](C)CC(=O)O. The van der Waals surface area contributed by atoms with Gasteiger partial charge in [-0.25, -0.2) is 0 Å². The standard InChI is InChI=1S/C8H16O4/c1-6(4-8(9)10)12-7(2)5-11-3/h6-7H,4-5H2,1-3H3,(H,9,10)/t6-,7?/m0/s1. The van der Waals surface area contributed by atoms with Crippen molar-refractivity contribution in [3.63, 3.8) is 0 Å². The summed E-state index contributed by atoms with van der Waals surface area (Å²) in [7, 11) is 1.59. The van der Waals surface area contributed by atoms with Crippen molar-refractivity contribution in [1.29, 1.82) is 0 Å². The number of ether oxygens (including phenoxy) is 2. The monoisotopic (exact) mass is 176 g/mol. The zero-order valence-corrected chi connectivity index (χ0v) is 7.74. The van der Waals surface area contributed by atoms with Crippen LogP contribution < -0.4 is 0 Å². The Labute approximate surface area is 72.5 Å². The Hall–Kier alpha value is -0.610. The molecule has 1 N–H and O–H groups in total. The van der Waals surface area contributed by atoms with Crippen LogP contribution in [0.2, 0.25) is 0 Å². The normalized spacial score (nSPS) is 15.6. The third-order valence-corrected chi connectivity index (χ3v) is 1.33. The van der Waals surface area contributed by atoms with Gasteiger partial charge in [0.25, 0.3) is 0 Å². The van der Waals surface area contributed by atoms with Gasteiger partial charge in [0, 0.05) is 7.11 Å². The molecule has 0 fully saturated rings. The fourth-order valence-electron chi connectivity index (χ4n) is 0.965. The van der Waals surface area contributed by atoms with Crippen LogP contribution in [-0.2, 0) is 14.3 Å². The summed E-state index contributed by atoms with van der Waals surface area (Å²) in [6, 6.07) is 0. The largest absolute Gasteiger partial charge is 0.481 e. The molecule has 0 bridgehead atoms. The molecule has 72 valence electrons. The van der Waals surface area contributed by atoms with Gasteiger partial charge in [-0.2, -0.15) is 0 Å². The fourth-order valence-corrected chi connectivity index (χ4v) is 0.965. The molecule has 12 heavy (non-hydrogen) atoms. The van der Waals surface area contributed by atoms with Crippen molar-refractivity contribution in [2.45, 2.75) is 32.5 Å². The molecule has 0 aromatic rings. The Bertz CT molecular complexity index is 135. The number of aliphatic carboxylic acids is 1. The summed E-state index contributed by atoms with van der Waals surface area (Å²) in [6.07, 6.45) is -0.273. The molecule has 0 rings (SSSR count). The van der Waals surface area contributed by atoms with E-state index in [2.05, 4.69) is 0 Å². The molecule has 0 heterocycles. The molecule has 0 radical (unpaired) electrons. The van der Waals surface area contributed by atoms with Gasteiger partial charge in [0.05, 0.1) is 25.2 Å². The van der Waals surface area contributed by atoms with Gasteiger partial charge in [-0.05, 0) is 13.8 Å². The van der Waals surface area contributed by atoms with Crippen molar-refractivity contribution in [1.82, 2.24) is 0 Å². The molecule has 1 unspecified atom stereocenters. The van der Waals surface area contributed by atoms with E-state index in [1.807, 2.05) is 6.92 Å². The summed E-state index contributed by atoms with van der Waals surface area (Å²) < 4.78 is 10.1. The van der Waals surface area contributed by atoms with E-state index >= 15 is 0 Å². The van der Waals surface area contributed by atoms with Gasteiger partial charge in [0.2, 0.25) is 0 Å². The van der Waals surface area contributed by atoms with Crippen molar-refractivity contribution in [3.05, 3.63) is 0 Å². The lowest BCUT2D eigenvalue weighted by molar-refractivity contribution is -0.141. The van der Waals surface area contributed by atoms with Crippen LogP contribution in [0.5, 0.6) is 0 Å². The fraction of sp³-hybridized carbons (Fsp3) is 0.875.